The molecule has 2 N–H and O–H groups in total. The molecule has 0 amide bonds. The van der Waals surface area contributed by atoms with Gasteiger partial charge in [-0.15, -0.1) is 0 Å². The molecule has 0 heterocycles. The van der Waals surface area contributed by atoms with Crippen LogP contribution in [-0.4, -0.2) is 26.3 Å². The first-order chi connectivity index (χ1) is 8.97. The zero-order valence-corrected chi connectivity index (χ0v) is 12.3. The second-order valence-electron chi connectivity index (χ2n) is 5.34. The molecule has 0 aromatic heterocycles. The molecule has 19 heavy (non-hydrogen) atoms. The van der Waals surface area contributed by atoms with Gasteiger partial charge in [0.05, 0.1) is 5.25 Å². The van der Waals surface area contributed by atoms with Crippen molar-refractivity contribution in [3.63, 3.8) is 0 Å². The Labute approximate surface area is 115 Å². The van der Waals surface area contributed by atoms with E-state index >= 15 is 0 Å². The van der Waals surface area contributed by atoms with Crippen LogP contribution in [0.1, 0.15) is 30.9 Å². The summed E-state index contributed by atoms with van der Waals surface area (Å²) in [6.45, 7) is 4.64. The van der Waals surface area contributed by atoms with Crippen molar-refractivity contribution < 1.29 is 8.42 Å². The van der Waals surface area contributed by atoms with Crippen LogP contribution in [0.15, 0.2) is 24.3 Å². The van der Waals surface area contributed by atoms with Crippen molar-refractivity contribution in [3.05, 3.63) is 35.4 Å². The molecule has 0 radical (unpaired) electrons. The van der Waals surface area contributed by atoms with Crippen molar-refractivity contribution in [2.24, 2.45) is 0 Å². The second kappa shape index (κ2) is 6.03. The van der Waals surface area contributed by atoms with E-state index in [1.54, 1.807) is 6.92 Å². The Kier molecular flexibility index (Phi) is 4.60. The Bertz CT molecular complexity index is 507. The van der Waals surface area contributed by atoms with Gasteiger partial charge in [0, 0.05) is 19.1 Å². The summed E-state index contributed by atoms with van der Waals surface area (Å²) in [4.78, 5) is 0. The highest BCUT2D eigenvalue weighted by Crippen LogP contribution is 2.18. The Balaban J connectivity index is 1.83. The van der Waals surface area contributed by atoms with E-state index in [0.717, 1.165) is 5.56 Å². The maximum atomic E-state index is 12.1. The zero-order valence-electron chi connectivity index (χ0n) is 11.5. The summed E-state index contributed by atoms with van der Waals surface area (Å²) in [5.74, 6) is 0. The Morgan fingerprint density at radius 2 is 1.89 bits per heavy atom. The lowest BCUT2D eigenvalue weighted by molar-refractivity contribution is 0.557. The molecule has 0 bridgehead atoms. The van der Waals surface area contributed by atoms with Crippen LogP contribution in [0.3, 0.4) is 0 Å². The van der Waals surface area contributed by atoms with E-state index in [1.807, 2.05) is 31.2 Å². The molecule has 0 spiro atoms. The third-order valence-electron chi connectivity index (χ3n) is 3.40. The van der Waals surface area contributed by atoms with Gasteiger partial charge in [0.2, 0.25) is 10.0 Å². The van der Waals surface area contributed by atoms with Crippen LogP contribution in [0.5, 0.6) is 0 Å². The molecule has 1 aliphatic carbocycles. The predicted octanol–water partition coefficient (Wildman–Crippen LogP) is 1.55. The van der Waals surface area contributed by atoms with Crippen molar-refractivity contribution in [2.75, 3.05) is 6.54 Å². The molecule has 0 saturated heterocycles. The van der Waals surface area contributed by atoms with Crippen molar-refractivity contribution in [1.29, 1.82) is 0 Å². The van der Waals surface area contributed by atoms with Crippen LogP contribution in [0.25, 0.3) is 0 Å². The third kappa shape index (κ3) is 4.60. The molecule has 0 aliphatic heterocycles. The Morgan fingerprint density at radius 3 is 2.47 bits per heavy atom. The first-order valence-electron chi connectivity index (χ1n) is 6.75. The van der Waals surface area contributed by atoms with E-state index in [-0.39, 0.29) is 0 Å². The lowest BCUT2D eigenvalue weighted by atomic mass is 10.2. The molecule has 2 rings (SSSR count). The van der Waals surface area contributed by atoms with Gasteiger partial charge in [0.25, 0.3) is 0 Å². The van der Waals surface area contributed by atoms with Crippen LogP contribution in [0.4, 0.5) is 0 Å². The van der Waals surface area contributed by atoms with Crippen molar-refractivity contribution in [1.82, 2.24) is 10.0 Å². The first-order valence-corrected chi connectivity index (χ1v) is 8.29. The number of aryl methyl sites for hydroxylation is 1. The van der Waals surface area contributed by atoms with Gasteiger partial charge in [-0.2, -0.15) is 0 Å². The van der Waals surface area contributed by atoms with Gasteiger partial charge in [0.15, 0.2) is 0 Å². The van der Waals surface area contributed by atoms with Gasteiger partial charge in [-0.1, -0.05) is 29.8 Å². The summed E-state index contributed by atoms with van der Waals surface area (Å²) in [5.41, 5.74) is 2.16. The third-order valence-corrected chi connectivity index (χ3v) is 5.17. The van der Waals surface area contributed by atoms with Gasteiger partial charge >= 0.3 is 0 Å². The fourth-order valence-corrected chi connectivity index (χ4v) is 2.73. The number of hydrogen-bond acceptors (Lipinski definition) is 3. The van der Waals surface area contributed by atoms with E-state index < -0.39 is 15.3 Å². The minimum atomic E-state index is -3.25. The minimum absolute atomic E-state index is 0.358. The predicted molar refractivity (Wildman–Crippen MR) is 77.4 cm³/mol. The van der Waals surface area contributed by atoms with Gasteiger partial charge in [0.1, 0.15) is 0 Å². The van der Waals surface area contributed by atoms with Crippen LogP contribution in [0, 0.1) is 6.92 Å². The monoisotopic (exact) mass is 282 g/mol. The van der Waals surface area contributed by atoms with Crippen molar-refractivity contribution in [2.45, 2.75) is 44.5 Å². The van der Waals surface area contributed by atoms with Crippen molar-refractivity contribution >= 4 is 10.0 Å². The average molecular weight is 282 g/mol. The molecule has 1 atom stereocenters. The fourth-order valence-electron chi connectivity index (χ4n) is 1.76. The topological polar surface area (TPSA) is 58.2 Å². The molecule has 1 fully saturated rings. The average Bonchev–Trinajstić information content (AvgIpc) is 3.19. The smallest absolute Gasteiger partial charge is 0.215 e. The van der Waals surface area contributed by atoms with E-state index in [2.05, 4.69) is 10.0 Å². The van der Waals surface area contributed by atoms with E-state index in [4.69, 9.17) is 0 Å². The number of sulfonamides is 1. The SMILES string of the molecule is Cc1ccc(CNS(=O)(=O)C(C)CNC2CC2)cc1. The normalized spacial score (nSPS) is 17.4. The molecule has 1 saturated carbocycles. The lowest BCUT2D eigenvalue weighted by Gasteiger charge is -2.14. The quantitative estimate of drug-likeness (QED) is 0.798. The summed E-state index contributed by atoms with van der Waals surface area (Å²) in [6.07, 6.45) is 2.34. The standard InChI is InChI=1S/C14H22N2O2S/c1-11-3-5-13(6-4-11)10-16-19(17,18)12(2)9-15-14-7-8-14/h3-6,12,14-16H,7-10H2,1-2H3. The molecule has 1 aromatic rings. The Hall–Kier alpha value is -0.910. The molecule has 1 aliphatic rings. The number of nitrogens with one attached hydrogen (secondary N) is 2. The maximum absolute atomic E-state index is 12.1. The van der Waals surface area contributed by atoms with Gasteiger partial charge in [-0.3, -0.25) is 0 Å². The number of hydrogen-bond donors (Lipinski definition) is 2. The first kappa shape index (κ1) is 14.5. The summed E-state index contributed by atoms with van der Waals surface area (Å²) >= 11 is 0. The van der Waals surface area contributed by atoms with E-state index in [0.29, 0.717) is 19.1 Å². The summed E-state index contributed by atoms with van der Waals surface area (Å²) in [5, 5.41) is 2.84. The molecule has 1 aromatic carbocycles. The van der Waals surface area contributed by atoms with Crippen molar-refractivity contribution in [3.8, 4) is 0 Å². The van der Waals surface area contributed by atoms with Crippen LogP contribution < -0.4 is 10.0 Å². The lowest BCUT2D eigenvalue weighted by Crippen LogP contribution is -2.39. The molecule has 1 unspecified atom stereocenters. The van der Waals surface area contributed by atoms with E-state index in [1.165, 1.54) is 18.4 Å². The Morgan fingerprint density at radius 1 is 1.26 bits per heavy atom. The zero-order chi connectivity index (χ0) is 13.9. The summed E-state index contributed by atoms with van der Waals surface area (Å²) in [7, 11) is -3.25. The summed E-state index contributed by atoms with van der Waals surface area (Å²) in [6, 6.07) is 8.41. The molecular weight excluding hydrogens is 260 g/mol. The van der Waals surface area contributed by atoms with Crippen LogP contribution in [-0.2, 0) is 16.6 Å². The molecular formula is C14H22N2O2S. The summed E-state index contributed by atoms with van der Waals surface area (Å²) < 4.78 is 26.8. The largest absolute Gasteiger partial charge is 0.313 e. The fraction of sp³-hybridized carbons (Fsp3) is 0.571. The highest BCUT2D eigenvalue weighted by atomic mass is 32.2. The van der Waals surface area contributed by atoms with Crippen LogP contribution in [0.2, 0.25) is 0 Å². The van der Waals surface area contributed by atoms with Gasteiger partial charge in [-0.25, -0.2) is 13.1 Å². The van der Waals surface area contributed by atoms with Gasteiger partial charge in [-0.05, 0) is 32.3 Å². The number of benzene rings is 1. The van der Waals surface area contributed by atoms with Gasteiger partial charge < -0.3 is 5.32 Å². The molecule has 4 nitrogen and oxygen atoms in total. The van der Waals surface area contributed by atoms with Crippen LogP contribution >= 0.6 is 0 Å². The highest BCUT2D eigenvalue weighted by molar-refractivity contribution is 7.90. The maximum Gasteiger partial charge on any atom is 0.215 e. The number of rotatable bonds is 7. The van der Waals surface area contributed by atoms with E-state index in [9.17, 15) is 8.42 Å². The minimum Gasteiger partial charge on any atom is -0.313 e. The molecule has 5 heteroatoms. The second-order valence-corrected chi connectivity index (χ2v) is 7.53. The molecule has 106 valence electrons. The highest BCUT2D eigenvalue weighted by Gasteiger charge is 2.25.